The molecule has 0 saturated heterocycles. The van der Waals surface area contributed by atoms with Gasteiger partial charge in [-0.05, 0) is 12.1 Å². The van der Waals surface area contributed by atoms with Gasteiger partial charge in [0.1, 0.15) is 6.04 Å². The Balaban J connectivity index is 1.64. The number of benzene rings is 2. The minimum Gasteiger partial charge on any atom is -0.394 e. The number of nitrogens with zero attached hydrogens (tertiary/aromatic N) is 1. The largest absolute Gasteiger partial charge is 0.394 e. The van der Waals surface area contributed by atoms with E-state index in [1.165, 1.54) is 11.3 Å². The molecule has 26 heavy (non-hydrogen) atoms. The summed E-state index contributed by atoms with van der Waals surface area (Å²) in [6.45, 7) is -0.513. The summed E-state index contributed by atoms with van der Waals surface area (Å²) in [7, 11) is 0. The van der Waals surface area contributed by atoms with Crippen molar-refractivity contribution in [2.24, 2.45) is 0 Å². The molecule has 0 saturated carbocycles. The quantitative estimate of drug-likeness (QED) is 0.624. The number of amides is 2. The Labute approximate surface area is 154 Å². The lowest BCUT2D eigenvalue weighted by molar-refractivity contribution is -0.118. The Kier molecular flexibility index (Phi) is 5.73. The Morgan fingerprint density at radius 1 is 1.04 bits per heavy atom. The van der Waals surface area contributed by atoms with Crippen LogP contribution in [0.5, 0.6) is 0 Å². The number of nitrogens with one attached hydrogen (secondary N) is 2. The third-order valence-corrected chi connectivity index (χ3v) is 4.40. The number of hydrogen-bond acceptors (Lipinski definition) is 5. The third kappa shape index (κ3) is 4.33. The number of rotatable bonds is 6. The van der Waals surface area contributed by atoms with Crippen LogP contribution in [0, 0.1) is 0 Å². The summed E-state index contributed by atoms with van der Waals surface area (Å²) in [5.74, 6) is -0.949. The molecule has 0 spiro atoms. The zero-order valence-electron chi connectivity index (χ0n) is 13.8. The Bertz CT molecular complexity index is 881. The van der Waals surface area contributed by atoms with E-state index in [4.69, 9.17) is 0 Å². The fraction of sp³-hybridized carbons (Fsp3) is 0.105. The van der Waals surface area contributed by atoms with Crippen LogP contribution in [-0.2, 0) is 4.79 Å². The Morgan fingerprint density at radius 3 is 2.35 bits per heavy atom. The van der Waals surface area contributed by atoms with Gasteiger partial charge in [-0.15, -0.1) is 11.3 Å². The van der Waals surface area contributed by atoms with Gasteiger partial charge in [-0.2, -0.15) is 0 Å². The first-order valence-electron chi connectivity index (χ1n) is 7.96. The van der Waals surface area contributed by atoms with Gasteiger partial charge in [-0.3, -0.25) is 9.59 Å². The third-order valence-electron chi connectivity index (χ3n) is 3.64. The van der Waals surface area contributed by atoms with Gasteiger partial charge in [0.2, 0.25) is 0 Å². The number of carbonyl (C=O) groups is 2. The summed E-state index contributed by atoms with van der Waals surface area (Å²) in [4.78, 5) is 28.8. The molecule has 0 fully saturated rings. The van der Waals surface area contributed by atoms with Crippen molar-refractivity contribution in [1.82, 2.24) is 10.3 Å². The molecule has 132 valence electrons. The van der Waals surface area contributed by atoms with E-state index in [-0.39, 0.29) is 0 Å². The van der Waals surface area contributed by atoms with Gasteiger partial charge in [0, 0.05) is 16.5 Å². The van der Waals surface area contributed by atoms with E-state index in [1.807, 2.05) is 35.7 Å². The maximum Gasteiger partial charge on any atom is 0.251 e. The zero-order valence-corrected chi connectivity index (χ0v) is 14.6. The molecule has 1 atom stereocenters. The number of thiazole rings is 1. The van der Waals surface area contributed by atoms with E-state index in [9.17, 15) is 14.7 Å². The molecule has 2 amide bonds. The lowest BCUT2D eigenvalue weighted by Crippen LogP contribution is -2.46. The van der Waals surface area contributed by atoms with Gasteiger partial charge >= 0.3 is 0 Å². The number of aliphatic hydroxyl groups excluding tert-OH is 1. The number of anilines is 1. The van der Waals surface area contributed by atoms with Crippen LogP contribution < -0.4 is 10.6 Å². The van der Waals surface area contributed by atoms with Crippen LogP contribution in [0.1, 0.15) is 10.4 Å². The van der Waals surface area contributed by atoms with E-state index in [2.05, 4.69) is 15.6 Å². The van der Waals surface area contributed by atoms with Crippen LogP contribution in [0.2, 0.25) is 0 Å². The highest BCUT2D eigenvalue weighted by atomic mass is 32.1. The van der Waals surface area contributed by atoms with Gasteiger partial charge in [-0.25, -0.2) is 4.98 Å². The van der Waals surface area contributed by atoms with Crippen molar-refractivity contribution in [2.75, 3.05) is 11.9 Å². The lowest BCUT2D eigenvalue weighted by atomic mass is 10.2. The first-order valence-corrected chi connectivity index (χ1v) is 8.84. The second kappa shape index (κ2) is 8.37. The second-order valence-corrected chi connectivity index (χ2v) is 6.33. The standard InChI is InChI=1S/C19H17N3O3S/c23-11-15(20-17(24)14-9-5-2-6-10-14)18(25)22-19-21-16(12-26-19)13-7-3-1-4-8-13/h1-10,12,15,23H,11H2,(H,20,24)(H,21,22,25). The van der Waals surface area contributed by atoms with Crippen molar-refractivity contribution in [3.63, 3.8) is 0 Å². The smallest absolute Gasteiger partial charge is 0.251 e. The Hall–Kier alpha value is -3.03. The normalized spacial score (nSPS) is 11.6. The van der Waals surface area contributed by atoms with Crippen LogP contribution in [0.15, 0.2) is 66.0 Å². The first kappa shape index (κ1) is 17.8. The van der Waals surface area contributed by atoms with E-state index < -0.39 is 24.5 Å². The summed E-state index contributed by atoms with van der Waals surface area (Å²) in [5, 5.41) is 16.9. The summed E-state index contributed by atoms with van der Waals surface area (Å²) in [6, 6.07) is 17.0. The fourth-order valence-corrected chi connectivity index (χ4v) is 3.01. The van der Waals surface area contributed by atoms with Crippen molar-refractivity contribution in [2.45, 2.75) is 6.04 Å². The van der Waals surface area contributed by atoms with Gasteiger partial charge in [0.05, 0.1) is 12.3 Å². The van der Waals surface area contributed by atoms with Crippen LogP contribution >= 0.6 is 11.3 Å². The molecule has 2 aromatic carbocycles. The first-order chi connectivity index (χ1) is 12.7. The maximum atomic E-state index is 12.3. The van der Waals surface area contributed by atoms with E-state index in [0.29, 0.717) is 10.7 Å². The van der Waals surface area contributed by atoms with Crippen molar-refractivity contribution in [3.8, 4) is 11.3 Å². The summed E-state index contributed by atoms with van der Waals surface area (Å²) < 4.78 is 0. The van der Waals surface area contributed by atoms with Gasteiger partial charge in [-0.1, -0.05) is 48.5 Å². The average Bonchev–Trinajstić information content (AvgIpc) is 3.15. The molecular weight excluding hydrogens is 350 g/mol. The minimum atomic E-state index is -1.06. The number of carbonyl (C=O) groups excluding carboxylic acids is 2. The number of hydrogen-bond donors (Lipinski definition) is 3. The summed E-state index contributed by atoms with van der Waals surface area (Å²) in [6.07, 6.45) is 0. The monoisotopic (exact) mass is 367 g/mol. The summed E-state index contributed by atoms with van der Waals surface area (Å²) >= 11 is 1.28. The van der Waals surface area contributed by atoms with Gasteiger partial charge in [0.15, 0.2) is 5.13 Å². The Morgan fingerprint density at radius 2 is 1.69 bits per heavy atom. The predicted octanol–water partition coefficient (Wildman–Crippen LogP) is 2.54. The SMILES string of the molecule is O=C(NC(CO)C(=O)Nc1nc(-c2ccccc2)cs1)c1ccccc1. The maximum absolute atomic E-state index is 12.3. The highest BCUT2D eigenvalue weighted by Crippen LogP contribution is 2.24. The average molecular weight is 367 g/mol. The molecule has 0 aliphatic carbocycles. The molecular formula is C19H17N3O3S. The van der Waals surface area contributed by atoms with Crippen molar-refractivity contribution < 1.29 is 14.7 Å². The zero-order chi connectivity index (χ0) is 18.4. The fourth-order valence-electron chi connectivity index (χ4n) is 2.29. The van der Waals surface area contributed by atoms with E-state index >= 15 is 0 Å². The van der Waals surface area contributed by atoms with Crippen molar-refractivity contribution >= 4 is 28.3 Å². The molecule has 3 rings (SSSR count). The topological polar surface area (TPSA) is 91.3 Å². The van der Waals surface area contributed by atoms with E-state index in [1.54, 1.807) is 30.3 Å². The predicted molar refractivity (Wildman–Crippen MR) is 101 cm³/mol. The van der Waals surface area contributed by atoms with Gasteiger partial charge in [0.25, 0.3) is 11.8 Å². The second-order valence-electron chi connectivity index (χ2n) is 5.47. The molecule has 3 aromatic rings. The number of aromatic nitrogens is 1. The molecule has 6 nitrogen and oxygen atoms in total. The highest BCUT2D eigenvalue weighted by Gasteiger charge is 2.21. The molecule has 0 aliphatic heterocycles. The van der Waals surface area contributed by atoms with Crippen LogP contribution in [0.3, 0.4) is 0 Å². The molecule has 1 heterocycles. The lowest BCUT2D eigenvalue weighted by Gasteiger charge is -2.15. The molecule has 7 heteroatoms. The molecule has 3 N–H and O–H groups in total. The highest BCUT2D eigenvalue weighted by molar-refractivity contribution is 7.14. The molecule has 0 bridgehead atoms. The van der Waals surface area contributed by atoms with Crippen LogP contribution in [-0.4, -0.2) is 34.6 Å². The van der Waals surface area contributed by atoms with Crippen molar-refractivity contribution in [1.29, 1.82) is 0 Å². The minimum absolute atomic E-state index is 0.404. The van der Waals surface area contributed by atoms with Crippen LogP contribution in [0.25, 0.3) is 11.3 Å². The van der Waals surface area contributed by atoms with Crippen molar-refractivity contribution in [3.05, 3.63) is 71.6 Å². The molecule has 0 radical (unpaired) electrons. The summed E-state index contributed by atoms with van der Waals surface area (Å²) in [5.41, 5.74) is 2.11. The number of aliphatic hydroxyl groups is 1. The van der Waals surface area contributed by atoms with E-state index in [0.717, 1.165) is 11.3 Å². The van der Waals surface area contributed by atoms with Crippen LogP contribution in [0.4, 0.5) is 5.13 Å². The molecule has 1 aromatic heterocycles. The van der Waals surface area contributed by atoms with Gasteiger partial charge < -0.3 is 15.7 Å². The molecule has 0 aliphatic rings. The molecule has 1 unspecified atom stereocenters.